The Morgan fingerprint density at radius 1 is 1.06 bits per heavy atom. The molecule has 34 heavy (non-hydrogen) atoms. The molecule has 0 bridgehead atoms. The molecule has 3 aromatic rings. The zero-order chi connectivity index (χ0) is 23.8. The van der Waals surface area contributed by atoms with Gasteiger partial charge < -0.3 is 4.74 Å². The van der Waals surface area contributed by atoms with Gasteiger partial charge >= 0.3 is 0 Å². The summed E-state index contributed by atoms with van der Waals surface area (Å²) in [5, 5.41) is 9.50. The van der Waals surface area contributed by atoms with E-state index < -0.39 is 0 Å². The van der Waals surface area contributed by atoms with Gasteiger partial charge in [-0.25, -0.2) is 0 Å². The molecule has 2 heterocycles. The quantitative estimate of drug-likeness (QED) is 0.497. The first-order chi connectivity index (χ1) is 16.5. The second-order valence-electron chi connectivity index (χ2n) is 8.40. The number of nitrogens with zero attached hydrogens (tertiary/aromatic N) is 3. The maximum absolute atomic E-state index is 13.4. The Bertz CT molecular complexity index is 1260. The van der Waals surface area contributed by atoms with Gasteiger partial charge in [0.1, 0.15) is 11.5 Å². The Balaban J connectivity index is 1.48. The number of methoxy groups -OCH3 is 1. The van der Waals surface area contributed by atoms with Crippen LogP contribution >= 0.6 is 23.2 Å². The Labute approximate surface area is 208 Å². The fourth-order valence-corrected chi connectivity index (χ4v) is 5.11. The molecule has 0 aromatic heterocycles. The van der Waals surface area contributed by atoms with E-state index in [9.17, 15) is 4.79 Å². The van der Waals surface area contributed by atoms with E-state index in [0.717, 1.165) is 30.0 Å². The summed E-state index contributed by atoms with van der Waals surface area (Å²) in [5.41, 5.74) is 7.42. The number of carbonyl (C=O) groups is 1. The molecule has 0 fully saturated rings. The number of nitrogens with one attached hydrogen (secondary N) is 1. The second-order valence-corrected chi connectivity index (χ2v) is 9.25. The van der Waals surface area contributed by atoms with Gasteiger partial charge in [-0.1, -0.05) is 60.5 Å². The summed E-state index contributed by atoms with van der Waals surface area (Å²) in [6.07, 6.45) is 0.888. The molecule has 174 valence electrons. The number of benzene rings is 3. The van der Waals surface area contributed by atoms with E-state index in [1.165, 1.54) is 5.56 Å². The van der Waals surface area contributed by atoms with Crippen molar-refractivity contribution < 1.29 is 9.53 Å². The molecule has 3 aromatic carbocycles. The maximum atomic E-state index is 13.4. The molecule has 1 amide bonds. The lowest BCUT2D eigenvalue weighted by molar-refractivity contribution is -0.115. The first-order valence-corrected chi connectivity index (χ1v) is 11.8. The average molecular weight is 495 g/mol. The molecule has 0 saturated heterocycles. The minimum absolute atomic E-state index is 0.196. The van der Waals surface area contributed by atoms with Crippen LogP contribution in [0.3, 0.4) is 0 Å². The number of rotatable bonds is 5. The van der Waals surface area contributed by atoms with Gasteiger partial charge in [0.05, 0.1) is 29.5 Å². The first kappa shape index (κ1) is 22.6. The van der Waals surface area contributed by atoms with Crippen molar-refractivity contribution in [2.24, 2.45) is 11.0 Å². The summed E-state index contributed by atoms with van der Waals surface area (Å²) in [4.78, 5) is 13.4. The van der Waals surface area contributed by atoms with Crippen molar-refractivity contribution in [2.45, 2.75) is 19.4 Å². The summed E-state index contributed by atoms with van der Waals surface area (Å²) < 4.78 is 5.32. The highest BCUT2D eigenvalue weighted by molar-refractivity contribution is 6.41. The second kappa shape index (κ2) is 9.20. The van der Waals surface area contributed by atoms with Gasteiger partial charge in [0, 0.05) is 17.5 Å². The molecule has 0 saturated carbocycles. The lowest BCUT2D eigenvalue weighted by atomic mass is 9.91. The van der Waals surface area contributed by atoms with Gasteiger partial charge in [0.15, 0.2) is 0 Å². The minimum Gasteiger partial charge on any atom is -0.497 e. The van der Waals surface area contributed by atoms with E-state index >= 15 is 0 Å². The molecular formula is C26H24Cl2N4O2. The van der Waals surface area contributed by atoms with E-state index in [1.807, 2.05) is 65.5 Å². The van der Waals surface area contributed by atoms with Crippen LogP contribution < -0.4 is 20.2 Å². The topological polar surface area (TPSA) is 57.2 Å². The Kier molecular flexibility index (Phi) is 6.11. The van der Waals surface area contributed by atoms with Crippen LogP contribution in [-0.4, -0.2) is 25.3 Å². The number of hydrogen-bond acceptors (Lipinski definition) is 5. The van der Waals surface area contributed by atoms with Crippen molar-refractivity contribution in [1.29, 1.82) is 0 Å². The highest BCUT2D eigenvalue weighted by Crippen LogP contribution is 2.42. The highest BCUT2D eigenvalue weighted by atomic mass is 35.5. The molecule has 8 heteroatoms. The van der Waals surface area contributed by atoms with Gasteiger partial charge in [0.25, 0.3) is 5.91 Å². The van der Waals surface area contributed by atoms with Crippen molar-refractivity contribution in [3.8, 4) is 5.75 Å². The van der Waals surface area contributed by atoms with Crippen LogP contribution in [0, 0.1) is 5.92 Å². The molecule has 1 N–H and O–H groups in total. The van der Waals surface area contributed by atoms with Gasteiger partial charge in [-0.3, -0.25) is 20.2 Å². The number of hydrogen-bond donors (Lipinski definition) is 1. The average Bonchev–Trinajstić information content (AvgIpc) is 3.40. The van der Waals surface area contributed by atoms with E-state index in [-0.39, 0.29) is 17.9 Å². The predicted molar refractivity (Wildman–Crippen MR) is 137 cm³/mol. The van der Waals surface area contributed by atoms with E-state index in [4.69, 9.17) is 33.0 Å². The maximum Gasteiger partial charge on any atom is 0.286 e. The van der Waals surface area contributed by atoms with Crippen LogP contribution in [0.25, 0.3) is 0 Å². The lowest BCUT2D eigenvalue weighted by Gasteiger charge is -2.28. The Morgan fingerprint density at radius 2 is 1.82 bits per heavy atom. The third-order valence-corrected chi connectivity index (χ3v) is 6.89. The zero-order valence-electron chi connectivity index (χ0n) is 18.8. The predicted octanol–water partition coefficient (Wildman–Crippen LogP) is 5.65. The van der Waals surface area contributed by atoms with Crippen molar-refractivity contribution in [3.05, 3.63) is 87.9 Å². The molecule has 0 radical (unpaired) electrons. The third kappa shape index (κ3) is 4.08. The number of anilines is 2. The van der Waals surface area contributed by atoms with Crippen molar-refractivity contribution in [2.75, 3.05) is 23.7 Å². The zero-order valence-corrected chi connectivity index (χ0v) is 20.3. The van der Waals surface area contributed by atoms with Crippen LogP contribution in [0.1, 0.15) is 24.1 Å². The number of fused-ring (bicyclic) bond motifs is 1. The third-order valence-electron chi connectivity index (χ3n) is 6.35. The number of carbonyl (C=O) groups excluding carboxylic acids is 1. The van der Waals surface area contributed by atoms with Crippen LogP contribution in [0.15, 0.2) is 71.8 Å². The number of ether oxygens (including phenoxy) is 1. The lowest BCUT2D eigenvalue weighted by Crippen LogP contribution is -2.45. The molecule has 5 rings (SSSR count). The van der Waals surface area contributed by atoms with Crippen LogP contribution in [0.4, 0.5) is 11.4 Å². The fourth-order valence-electron chi connectivity index (χ4n) is 4.62. The molecule has 0 aliphatic carbocycles. The normalized spacial score (nSPS) is 19.1. The summed E-state index contributed by atoms with van der Waals surface area (Å²) in [6, 6.07) is 20.9. The first-order valence-electron chi connectivity index (χ1n) is 11.1. The molecule has 2 atom stereocenters. The van der Waals surface area contributed by atoms with Crippen molar-refractivity contribution >= 4 is 46.2 Å². The Hall–Kier alpha value is -3.22. The van der Waals surface area contributed by atoms with E-state index in [1.54, 1.807) is 19.2 Å². The molecule has 2 aliphatic rings. The monoisotopic (exact) mass is 494 g/mol. The Morgan fingerprint density at radius 3 is 2.56 bits per heavy atom. The number of amides is 1. The molecular weight excluding hydrogens is 471 g/mol. The van der Waals surface area contributed by atoms with E-state index in [2.05, 4.69) is 11.5 Å². The number of hydrazine groups is 1. The SMILES string of the molecule is COc1ccc(C2C(C)C(C(=O)NN3CCc4ccccc43)=NN2c2ccc(Cl)cc2Cl)cc1. The van der Waals surface area contributed by atoms with Crippen LogP contribution in [-0.2, 0) is 11.2 Å². The largest absolute Gasteiger partial charge is 0.497 e. The van der Waals surface area contributed by atoms with Gasteiger partial charge in [0.2, 0.25) is 0 Å². The number of para-hydroxylation sites is 1. The standard InChI is InChI=1S/C26H24Cl2N4O2/c1-16-24(26(33)30-31-14-13-17-5-3-4-6-22(17)31)29-32(23-12-9-19(27)15-21(23)28)25(16)18-7-10-20(34-2)11-8-18/h3-12,15-16,25H,13-14H2,1-2H3,(H,30,33). The number of hydrazone groups is 1. The molecule has 6 nitrogen and oxygen atoms in total. The van der Waals surface area contributed by atoms with Gasteiger partial charge in [-0.05, 0) is 53.9 Å². The number of halogens is 2. The molecule has 2 aliphatic heterocycles. The molecule has 0 spiro atoms. The smallest absolute Gasteiger partial charge is 0.286 e. The van der Waals surface area contributed by atoms with E-state index in [0.29, 0.717) is 21.4 Å². The minimum atomic E-state index is -0.227. The van der Waals surface area contributed by atoms with Crippen molar-refractivity contribution in [1.82, 2.24) is 5.43 Å². The van der Waals surface area contributed by atoms with Crippen LogP contribution in [0.2, 0.25) is 10.0 Å². The summed E-state index contributed by atoms with van der Waals surface area (Å²) in [7, 11) is 1.63. The summed E-state index contributed by atoms with van der Waals surface area (Å²) in [6.45, 7) is 2.73. The van der Waals surface area contributed by atoms with Crippen molar-refractivity contribution in [3.63, 3.8) is 0 Å². The summed E-state index contributed by atoms with van der Waals surface area (Å²) in [5.74, 6) is 0.338. The molecule has 2 unspecified atom stereocenters. The fraction of sp³-hybridized carbons (Fsp3) is 0.231. The van der Waals surface area contributed by atoms with Crippen LogP contribution in [0.5, 0.6) is 5.75 Å². The summed E-state index contributed by atoms with van der Waals surface area (Å²) >= 11 is 12.7. The van der Waals surface area contributed by atoms with Gasteiger partial charge in [-0.2, -0.15) is 5.10 Å². The van der Waals surface area contributed by atoms with Gasteiger partial charge in [-0.15, -0.1) is 0 Å². The highest BCUT2D eigenvalue weighted by Gasteiger charge is 2.40.